The maximum absolute atomic E-state index is 5.93. The van der Waals surface area contributed by atoms with Gasteiger partial charge in [-0.05, 0) is 76.2 Å². The van der Waals surface area contributed by atoms with Crippen LogP contribution in [0.3, 0.4) is 0 Å². The second-order valence-corrected chi connectivity index (χ2v) is 12.7. The van der Waals surface area contributed by atoms with Crippen molar-refractivity contribution >= 4 is 11.4 Å². The van der Waals surface area contributed by atoms with Crippen molar-refractivity contribution in [2.45, 2.75) is 40.8 Å². The number of allylic oxidation sites excluding steroid dienone is 3. The maximum Gasteiger partial charge on any atom is 0.238 e. The van der Waals surface area contributed by atoms with Gasteiger partial charge in [0.15, 0.2) is 0 Å². The summed E-state index contributed by atoms with van der Waals surface area (Å²) in [5, 5.41) is 9.37. The van der Waals surface area contributed by atoms with Crippen LogP contribution < -0.4 is 19.3 Å². The Labute approximate surface area is 307 Å². The highest BCUT2D eigenvalue weighted by atomic mass is 16.5. The molecule has 8 heteroatoms. The summed E-state index contributed by atoms with van der Waals surface area (Å²) in [7, 11) is 0. The first-order chi connectivity index (χ1) is 25.5. The lowest BCUT2D eigenvalue weighted by atomic mass is 10.2. The Kier molecular flexibility index (Phi) is 11.9. The number of aromatic nitrogens is 4. The van der Waals surface area contributed by atoms with Gasteiger partial charge in [0.2, 0.25) is 11.8 Å². The Morgan fingerprint density at radius 2 is 0.962 bits per heavy atom. The summed E-state index contributed by atoms with van der Waals surface area (Å²) in [5.41, 5.74) is 10.4. The molecule has 8 nitrogen and oxygen atoms in total. The molecule has 0 saturated heterocycles. The Morgan fingerprint density at radius 1 is 0.558 bits per heavy atom. The van der Waals surface area contributed by atoms with Gasteiger partial charge >= 0.3 is 0 Å². The van der Waals surface area contributed by atoms with E-state index in [1.807, 2.05) is 70.9 Å². The zero-order valence-electron chi connectivity index (χ0n) is 30.7. The summed E-state index contributed by atoms with van der Waals surface area (Å²) in [6.45, 7) is 16.4. The second kappa shape index (κ2) is 17.3. The van der Waals surface area contributed by atoms with E-state index in [1.165, 1.54) is 16.9 Å². The van der Waals surface area contributed by atoms with Crippen LogP contribution in [0.2, 0.25) is 0 Å². The molecule has 0 N–H and O–H groups in total. The number of ether oxygens (including phenoxy) is 2. The molecule has 0 amide bonds. The minimum Gasteiger partial charge on any atom is -0.474 e. The lowest BCUT2D eigenvalue weighted by molar-refractivity contribution is 0.316. The van der Waals surface area contributed by atoms with Gasteiger partial charge in [0.1, 0.15) is 13.2 Å². The minimum absolute atomic E-state index is 0.645. The average molecular weight is 693 g/mol. The van der Waals surface area contributed by atoms with E-state index in [0.717, 1.165) is 71.8 Å². The summed E-state index contributed by atoms with van der Waals surface area (Å²) in [4.78, 5) is 4.70. The number of nitrogens with zero attached hydrogens (tertiary/aromatic N) is 6. The maximum atomic E-state index is 5.93. The van der Waals surface area contributed by atoms with E-state index < -0.39 is 0 Å². The van der Waals surface area contributed by atoms with Crippen molar-refractivity contribution < 1.29 is 9.47 Å². The molecule has 2 aliphatic heterocycles. The van der Waals surface area contributed by atoms with Crippen molar-refractivity contribution in [1.82, 2.24) is 19.6 Å². The molecule has 4 aromatic carbocycles. The minimum atomic E-state index is 0.645. The van der Waals surface area contributed by atoms with E-state index in [2.05, 4.69) is 115 Å². The lowest BCUT2D eigenvalue weighted by Gasteiger charge is -2.22. The van der Waals surface area contributed by atoms with Crippen molar-refractivity contribution in [2.75, 3.05) is 36.1 Å². The van der Waals surface area contributed by atoms with Crippen LogP contribution >= 0.6 is 0 Å². The molecule has 8 rings (SSSR count). The molecule has 0 aliphatic carbocycles. The quantitative estimate of drug-likeness (QED) is 0.168. The molecule has 4 heterocycles. The molecule has 0 saturated carbocycles. The van der Waals surface area contributed by atoms with Crippen molar-refractivity contribution in [3.05, 3.63) is 168 Å². The van der Waals surface area contributed by atoms with Gasteiger partial charge in [-0.3, -0.25) is 0 Å². The Morgan fingerprint density at radius 3 is 1.35 bits per heavy atom. The zero-order valence-corrected chi connectivity index (χ0v) is 30.7. The van der Waals surface area contributed by atoms with Gasteiger partial charge in [-0.25, -0.2) is 9.36 Å². The van der Waals surface area contributed by atoms with E-state index in [0.29, 0.717) is 13.2 Å². The molecule has 266 valence electrons. The van der Waals surface area contributed by atoms with Crippen LogP contribution in [0, 0.1) is 20.8 Å². The van der Waals surface area contributed by atoms with Crippen molar-refractivity contribution in [3.8, 4) is 23.1 Å². The summed E-state index contributed by atoms with van der Waals surface area (Å²) in [6.07, 6.45) is 5.58. The molecule has 0 fully saturated rings. The van der Waals surface area contributed by atoms with Crippen LogP contribution in [-0.4, -0.2) is 45.9 Å². The molecule has 6 aromatic rings. The van der Waals surface area contributed by atoms with Gasteiger partial charge in [-0.2, -0.15) is 0 Å². The smallest absolute Gasteiger partial charge is 0.238 e. The summed E-state index contributed by atoms with van der Waals surface area (Å²) in [6, 6.07) is 39.5. The molecule has 0 spiro atoms. The highest BCUT2D eigenvalue weighted by Gasteiger charge is 2.24. The molecular formula is C44H48N6O2. The number of fused-ring (bicyclic) bond motifs is 2. The summed E-state index contributed by atoms with van der Waals surface area (Å²) in [5.74, 6) is 1.51. The third-order valence-electron chi connectivity index (χ3n) is 9.16. The first-order valence-electron chi connectivity index (χ1n) is 17.9. The number of para-hydroxylation sites is 3. The fourth-order valence-electron chi connectivity index (χ4n) is 6.27. The topological polar surface area (TPSA) is 60.6 Å². The second-order valence-electron chi connectivity index (χ2n) is 12.7. The number of rotatable bonds is 5. The predicted octanol–water partition coefficient (Wildman–Crippen LogP) is 9.22. The first kappa shape index (κ1) is 35.8. The fourth-order valence-corrected chi connectivity index (χ4v) is 6.27. The van der Waals surface area contributed by atoms with Gasteiger partial charge in [-0.1, -0.05) is 97.1 Å². The van der Waals surface area contributed by atoms with Crippen LogP contribution in [0.15, 0.2) is 140 Å². The summed E-state index contributed by atoms with van der Waals surface area (Å²) >= 11 is 0. The van der Waals surface area contributed by atoms with Gasteiger partial charge < -0.3 is 19.3 Å². The van der Waals surface area contributed by atoms with Crippen LogP contribution in [0.25, 0.3) is 11.4 Å². The van der Waals surface area contributed by atoms with Crippen LogP contribution in [0.4, 0.5) is 11.4 Å². The Hall–Kier alpha value is -6.02. The van der Waals surface area contributed by atoms with E-state index in [9.17, 15) is 0 Å². The zero-order chi connectivity index (χ0) is 36.3. The average Bonchev–Trinajstić information content (AvgIpc) is 3.44. The molecule has 0 radical (unpaired) electrons. The number of hydrogen-bond acceptors (Lipinski definition) is 6. The van der Waals surface area contributed by atoms with Crippen LogP contribution in [0.1, 0.15) is 35.0 Å². The van der Waals surface area contributed by atoms with Crippen molar-refractivity contribution in [2.24, 2.45) is 0 Å². The lowest BCUT2D eigenvalue weighted by Crippen LogP contribution is -2.25. The number of hydrogen-bond donors (Lipinski definition) is 0. The highest BCUT2D eigenvalue weighted by Crippen LogP contribution is 2.31. The van der Waals surface area contributed by atoms with Gasteiger partial charge in [0, 0.05) is 11.4 Å². The molecule has 0 unspecified atom stereocenters. The Bertz CT molecular complexity index is 2050. The number of benzene rings is 4. The van der Waals surface area contributed by atoms with Crippen molar-refractivity contribution in [1.29, 1.82) is 0 Å². The van der Waals surface area contributed by atoms with E-state index in [1.54, 1.807) is 6.08 Å². The molecule has 0 atom stereocenters. The highest BCUT2D eigenvalue weighted by molar-refractivity contribution is 5.52. The molecule has 2 aromatic heterocycles. The molecule has 2 aliphatic rings. The number of anilines is 2. The standard InChI is InChI=1S/C20H21N3O.C19H19N3O.C5H8/c1-15-8-10-17(11-9-15)22-12-13-24-20-19(14-22)16(2)23(21-20)18-6-4-3-5-7-18;1-15-18-14-21(16-8-4-2-5-9-16)12-13-23-19(18)20-22(15)17-10-6-3-7-11-17;1-3-5-4-2/h3-11H,12-14H2,1-2H3;2-11H,12-14H2,1H3;3-5H,1H2,2H3/b;;5-4-. The van der Waals surface area contributed by atoms with E-state index in [-0.39, 0.29) is 0 Å². The normalized spacial score (nSPS) is 13.5. The molecule has 52 heavy (non-hydrogen) atoms. The third kappa shape index (κ3) is 8.46. The largest absolute Gasteiger partial charge is 0.474 e. The summed E-state index contributed by atoms with van der Waals surface area (Å²) < 4.78 is 15.8. The van der Waals surface area contributed by atoms with Crippen molar-refractivity contribution in [3.63, 3.8) is 0 Å². The monoisotopic (exact) mass is 692 g/mol. The third-order valence-corrected chi connectivity index (χ3v) is 9.16. The van der Waals surface area contributed by atoms with Crippen LogP contribution in [0.5, 0.6) is 11.8 Å². The number of aryl methyl sites for hydroxylation is 1. The van der Waals surface area contributed by atoms with E-state index >= 15 is 0 Å². The molecule has 0 bridgehead atoms. The first-order valence-corrected chi connectivity index (χ1v) is 17.9. The predicted molar refractivity (Wildman–Crippen MR) is 212 cm³/mol. The van der Waals surface area contributed by atoms with Gasteiger partial charge in [0.25, 0.3) is 0 Å². The Balaban J connectivity index is 0.000000158. The molecular weight excluding hydrogens is 645 g/mol. The van der Waals surface area contributed by atoms with Gasteiger partial charge in [-0.15, -0.1) is 10.2 Å². The fraction of sp³-hybridized carbons (Fsp3) is 0.227. The van der Waals surface area contributed by atoms with E-state index in [4.69, 9.17) is 14.6 Å². The van der Waals surface area contributed by atoms with Gasteiger partial charge in [0.05, 0.1) is 60.1 Å². The SMILES string of the molecule is C=C/C=C\C.Cc1c2c(nn1-c1ccccc1)OCCN(c1ccccc1)C2.Cc1ccc(N2CCOc3nn(-c4ccccc4)c(C)c3C2)cc1. The van der Waals surface area contributed by atoms with Crippen LogP contribution in [-0.2, 0) is 13.1 Å².